The van der Waals surface area contributed by atoms with E-state index in [1.165, 1.54) is 30.2 Å². The first-order chi connectivity index (χ1) is 17.3. The molecule has 1 heterocycles. The van der Waals surface area contributed by atoms with Crippen LogP contribution in [0, 0.1) is 5.82 Å². The van der Waals surface area contributed by atoms with Crippen molar-refractivity contribution in [3.05, 3.63) is 83.1 Å². The predicted octanol–water partition coefficient (Wildman–Crippen LogP) is 5.10. The molecule has 8 nitrogen and oxygen atoms in total. The van der Waals surface area contributed by atoms with Gasteiger partial charge >= 0.3 is 12.0 Å². The number of likely N-dealkylation sites (tertiary alicyclic amines) is 1. The van der Waals surface area contributed by atoms with Crippen molar-refractivity contribution in [2.24, 2.45) is 0 Å². The van der Waals surface area contributed by atoms with Crippen LogP contribution in [-0.2, 0) is 9.53 Å². The fourth-order valence-corrected chi connectivity index (χ4v) is 4.22. The molecule has 0 bridgehead atoms. The molecular weight excluding hydrogens is 489 g/mol. The lowest BCUT2D eigenvalue weighted by atomic mass is 9.99. The summed E-state index contributed by atoms with van der Waals surface area (Å²) in [5.74, 6) is -2.44. The number of urea groups is 1. The van der Waals surface area contributed by atoms with Gasteiger partial charge in [0.15, 0.2) is 0 Å². The van der Waals surface area contributed by atoms with E-state index < -0.39 is 29.8 Å². The summed E-state index contributed by atoms with van der Waals surface area (Å²) >= 11 is 5.88. The number of halogens is 2. The number of carbonyl (C=O) groups is 3. The molecule has 0 aliphatic carbocycles. The lowest BCUT2D eigenvalue weighted by Gasteiger charge is -2.24. The monoisotopic (exact) mass is 511 g/mol. The van der Waals surface area contributed by atoms with Gasteiger partial charge in [0, 0.05) is 30.8 Å². The van der Waals surface area contributed by atoms with Crippen molar-refractivity contribution in [3.63, 3.8) is 0 Å². The molecule has 1 aliphatic rings. The molecule has 0 spiro atoms. The minimum Gasteiger partial charge on any atom is -0.478 e. The van der Waals surface area contributed by atoms with Crippen molar-refractivity contribution in [2.45, 2.75) is 18.6 Å². The highest BCUT2D eigenvalue weighted by Crippen LogP contribution is 2.29. The molecule has 2 unspecified atom stereocenters. The molecule has 3 N–H and O–H groups in total. The third kappa shape index (κ3) is 5.48. The minimum atomic E-state index is -1.13. The molecule has 10 heteroatoms. The standard InChI is InChI=1S/C26H23ClFN3O5/c1-36-18-13-23(31(14-18)26(35)29-17-9-7-16(27)8-10-17)24(32)30-22-11-6-15(12-21(22)28)19-4-2-3-5-20(19)25(33)34/h2-12,18,23H,13-14H2,1H3,(H,29,35)(H,30,32)(H,33,34). The molecule has 3 amide bonds. The van der Waals surface area contributed by atoms with E-state index >= 15 is 0 Å². The van der Waals surface area contributed by atoms with Gasteiger partial charge in [0.1, 0.15) is 11.9 Å². The second kappa shape index (κ2) is 10.8. The Bertz CT molecular complexity index is 1300. The summed E-state index contributed by atoms with van der Waals surface area (Å²) in [6.07, 6.45) is -0.126. The molecule has 0 radical (unpaired) electrons. The Kier molecular flexibility index (Phi) is 7.52. The molecule has 36 heavy (non-hydrogen) atoms. The zero-order valence-electron chi connectivity index (χ0n) is 19.2. The van der Waals surface area contributed by atoms with Gasteiger partial charge in [-0.2, -0.15) is 0 Å². The Morgan fingerprint density at radius 3 is 2.44 bits per heavy atom. The molecule has 3 aromatic carbocycles. The van der Waals surface area contributed by atoms with Gasteiger partial charge in [-0.3, -0.25) is 4.79 Å². The molecule has 3 aromatic rings. The number of rotatable bonds is 6. The molecule has 1 fully saturated rings. The van der Waals surface area contributed by atoms with Gasteiger partial charge in [-0.15, -0.1) is 0 Å². The highest BCUT2D eigenvalue weighted by atomic mass is 35.5. The van der Waals surface area contributed by atoms with Crippen molar-refractivity contribution in [3.8, 4) is 11.1 Å². The van der Waals surface area contributed by atoms with Gasteiger partial charge in [-0.25, -0.2) is 14.0 Å². The first-order valence-electron chi connectivity index (χ1n) is 11.1. The summed E-state index contributed by atoms with van der Waals surface area (Å²) in [5.41, 5.74) is 1.16. The number of methoxy groups -OCH3 is 1. The molecule has 186 valence electrons. The van der Waals surface area contributed by atoms with E-state index in [0.717, 1.165) is 6.07 Å². The van der Waals surface area contributed by atoms with Crippen LogP contribution in [0.2, 0.25) is 5.02 Å². The number of hydrogen-bond acceptors (Lipinski definition) is 4. The Hall–Kier alpha value is -3.95. The number of amides is 3. The van der Waals surface area contributed by atoms with Crippen LogP contribution in [0.15, 0.2) is 66.7 Å². The maximum absolute atomic E-state index is 14.9. The molecule has 1 saturated heterocycles. The number of ether oxygens (including phenoxy) is 1. The number of benzene rings is 3. The average molecular weight is 512 g/mol. The van der Waals surface area contributed by atoms with E-state index in [1.54, 1.807) is 42.5 Å². The molecular formula is C26H23ClFN3O5. The third-order valence-corrected chi connectivity index (χ3v) is 6.20. The lowest BCUT2D eigenvalue weighted by molar-refractivity contribution is -0.119. The van der Waals surface area contributed by atoms with E-state index in [0.29, 0.717) is 21.8 Å². The number of carboxylic acids is 1. The number of hydrogen-bond donors (Lipinski definition) is 3. The first-order valence-corrected chi connectivity index (χ1v) is 11.4. The van der Waals surface area contributed by atoms with Crippen LogP contribution in [0.4, 0.5) is 20.6 Å². The fraction of sp³-hybridized carbons (Fsp3) is 0.192. The summed E-state index contributed by atoms with van der Waals surface area (Å²) in [4.78, 5) is 38.8. The minimum absolute atomic E-state index is 0.0348. The van der Waals surface area contributed by atoms with E-state index in [2.05, 4.69) is 10.6 Å². The summed E-state index contributed by atoms with van der Waals surface area (Å²) in [6.45, 7) is 0.182. The molecule has 4 rings (SSSR count). The zero-order valence-corrected chi connectivity index (χ0v) is 20.0. The van der Waals surface area contributed by atoms with Gasteiger partial charge in [0.05, 0.1) is 17.4 Å². The second-order valence-corrected chi connectivity index (χ2v) is 8.67. The van der Waals surface area contributed by atoms with Gasteiger partial charge < -0.3 is 25.4 Å². The van der Waals surface area contributed by atoms with Crippen LogP contribution < -0.4 is 10.6 Å². The third-order valence-electron chi connectivity index (χ3n) is 5.95. The smallest absolute Gasteiger partial charge is 0.336 e. The van der Waals surface area contributed by atoms with Crippen molar-refractivity contribution < 1.29 is 28.6 Å². The molecule has 0 saturated carbocycles. The Morgan fingerprint density at radius 2 is 1.78 bits per heavy atom. The zero-order chi connectivity index (χ0) is 25.8. The Morgan fingerprint density at radius 1 is 1.06 bits per heavy atom. The van der Waals surface area contributed by atoms with Crippen LogP contribution in [0.3, 0.4) is 0 Å². The number of anilines is 2. The van der Waals surface area contributed by atoms with E-state index in [4.69, 9.17) is 16.3 Å². The number of carbonyl (C=O) groups excluding carboxylic acids is 2. The summed E-state index contributed by atoms with van der Waals surface area (Å²) in [5, 5.41) is 15.2. The number of aromatic carboxylic acids is 1. The second-order valence-electron chi connectivity index (χ2n) is 8.23. The quantitative estimate of drug-likeness (QED) is 0.426. The Balaban J connectivity index is 1.51. The molecule has 1 aliphatic heterocycles. The van der Waals surface area contributed by atoms with Crippen LogP contribution in [0.5, 0.6) is 0 Å². The molecule has 2 atom stereocenters. The summed E-state index contributed by atoms with van der Waals surface area (Å²) in [6, 6.07) is 15.4. The van der Waals surface area contributed by atoms with Crippen LogP contribution in [0.1, 0.15) is 16.8 Å². The maximum atomic E-state index is 14.9. The Labute approximate surface area is 211 Å². The largest absolute Gasteiger partial charge is 0.478 e. The van der Waals surface area contributed by atoms with Crippen LogP contribution >= 0.6 is 11.6 Å². The highest BCUT2D eigenvalue weighted by Gasteiger charge is 2.40. The van der Waals surface area contributed by atoms with Crippen molar-refractivity contribution in [2.75, 3.05) is 24.3 Å². The lowest BCUT2D eigenvalue weighted by Crippen LogP contribution is -2.45. The topological polar surface area (TPSA) is 108 Å². The average Bonchev–Trinajstić information content (AvgIpc) is 3.32. The summed E-state index contributed by atoms with van der Waals surface area (Å²) in [7, 11) is 1.49. The van der Waals surface area contributed by atoms with Gasteiger partial charge in [0.2, 0.25) is 5.91 Å². The van der Waals surface area contributed by atoms with Crippen LogP contribution in [-0.4, -0.2) is 53.7 Å². The van der Waals surface area contributed by atoms with E-state index in [-0.39, 0.29) is 30.3 Å². The highest BCUT2D eigenvalue weighted by molar-refractivity contribution is 6.30. The predicted molar refractivity (Wildman–Crippen MR) is 134 cm³/mol. The molecule has 0 aromatic heterocycles. The van der Waals surface area contributed by atoms with Crippen molar-refractivity contribution >= 4 is 40.9 Å². The maximum Gasteiger partial charge on any atom is 0.336 e. The van der Waals surface area contributed by atoms with Gasteiger partial charge in [-0.05, 0) is 53.6 Å². The van der Waals surface area contributed by atoms with Crippen LogP contribution in [0.25, 0.3) is 11.1 Å². The van der Waals surface area contributed by atoms with Gasteiger partial charge in [-0.1, -0.05) is 35.9 Å². The van der Waals surface area contributed by atoms with Crippen molar-refractivity contribution in [1.29, 1.82) is 0 Å². The number of nitrogens with zero attached hydrogens (tertiary/aromatic N) is 1. The van der Waals surface area contributed by atoms with Gasteiger partial charge in [0.25, 0.3) is 0 Å². The number of carboxylic acid groups (broad SMARTS) is 1. The first kappa shape index (κ1) is 25.2. The SMILES string of the molecule is COC1CC(C(=O)Nc2ccc(-c3ccccc3C(=O)O)cc2F)N(C(=O)Nc2ccc(Cl)cc2)C1. The fourth-order valence-electron chi connectivity index (χ4n) is 4.09. The summed E-state index contributed by atoms with van der Waals surface area (Å²) < 4.78 is 20.3. The normalized spacial score (nSPS) is 17.0. The van der Waals surface area contributed by atoms with E-state index in [1.807, 2.05) is 0 Å². The number of nitrogens with one attached hydrogen (secondary N) is 2. The van der Waals surface area contributed by atoms with E-state index in [9.17, 15) is 23.9 Å². The van der Waals surface area contributed by atoms with Crippen molar-refractivity contribution in [1.82, 2.24) is 4.90 Å².